The van der Waals surface area contributed by atoms with Gasteiger partial charge in [-0.2, -0.15) is 13.2 Å². The molecule has 0 spiro atoms. The largest absolute Gasteiger partial charge is 0.493 e. The molecule has 0 unspecified atom stereocenters. The predicted octanol–water partition coefficient (Wildman–Crippen LogP) is 3.58. The number of ether oxygens (including phenoxy) is 2. The van der Waals surface area contributed by atoms with E-state index in [0.717, 1.165) is 41.4 Å². The number of carbonyl (C=O) groups excluding carboxylic acids is 2. The van der Waals surface area contributed by atoms with Gasteiger partial charge in [0.05, 0.1) is 20.8 Å². The number of alkyl halides is 3. The third-order valence-corrected chi connectivity index (χ3v) is 8.15. The van der Waals surface area contributed by atoms with Crippen LogP contribution >= 0.6 is 0 Å². The molecule has 1 fully saturated rings. The normalized spacial score (nSPS) is 18.7. The molecule has 0 bridgehead atoms. The van der Waals surface area contributed by atoms with E-state index in [1.165, 1.54) is 0 Å². The van der Waals surface area contributed by atoms with Gasteiger partial charge in [-0.3, -0.25) is 9.59 Å². The summed E-state index contributed by atoms with van der Waals surface area (Å²) in [6, 6.07) is 3.88. The van der Waals surface area contributed by atoms with Crippen molar-refractivity contribution in [3.05, 3.63) is 34.9 Å². The molecular formula is C26H32F3N5O4. The minimum Gasteiger partial charge on any atom is -0.493 e. The van der Waals surface area contributed by atoms with Crippen molar-refractivity contribution in [1.82, 2.24) is 24.6 Å². The van der Waals surface area contributed by atoms with Crippen LogP contribution in [0.3, 0.4) is 0 Å². The van der Waals surface area contributed by atoms with Crippen molar-refractivity contribution in [1.29, 1.82) is 0 Å². The quantitative estimate of drug-likeness (QED) is 0.562. The van der Waals surface area contributed by atoms with E-state index in [-0.39, 0.29) is 50.1 Å². The van der Waals surface area contributed by atoms with Crippen molar-refractivity contribution in [2.75, 3.05) is 27.3 Å². The van der Waals surface area contributed by atoms with Crippen LogP contribution in [-0.4, -0.2) is 63.7 Å². The lowest BCUT2D eigenvalue weighted by Crippen LogP contribution is -2.43. The summed E-state index contributed by atoms with van der Waals surface area (Å²) in [5, 5.41) is 6.97. The Kier molecular flexibility index (Phi) is 6.99. The molecule has 9 nitrogen and oxygen atoms in total. The van der Waals surface area contributed by atoms with Crippen molar-refractivity contribution in [2.24, 2.45) is 5.41 Å². The van der Waals surface area contributed by atoms with Gasteiger partial charge in [0.2, 0.25) is 17.6 Å². The number of hydrogen-bond donors (Lipinski definition) is 0. The average molecular weight is 536 g/mol. The first-order chi connectivity index (χ1) is 18.1. The Morgan fingerprint density at radius 3 is 2.11 bits per heavy atom. The van der Waals surface area contributed by atoms with Crippen LogP contribution < -0.4 is 9.47 Å². The standard InChI is InChI=1S/C26H32F3N5O4/c1-37-19-11-17-5-8-32(15-18(17)12-20(19)38-2)22(35)13-25(6-3-4-7-25)14-23(36)33-9-10-34-21(16-33)30-31-24(34)26(27,28)29/h11-12H,3-10,13-16H2,1-2H3. The maximum atomic E-state index is 13.5. The van der Waals surface area contributed by atoms with Crippen LogP contribution in [0.25, 0.3) is 0 Å². The van der Waals surface area contributed by atoms with E-state index in [0.29, 0.717) is 31.0 Å². The van der Waals surface area contributed by atoms with E-state index in [1.807, 2.05) is 17.0 Å². The SMILES string of the molecule is COc1cc2c(cc1OC)CN(C(=O)CC1(CC(=O)N3CCn4c(nnc4C(F)(F)F)C3)CCCC1)CC2. The summed E-state index contributed by atoms with van der Waals surface area (Å²) in [5.74, 6) is 0.263. The highest BCUT2D eigenvalue weighted by atomic mass is 19.4. The fourth-order valence-corrected chi connectivity index (χ4v) is 6.08. The number of aromatic nitrogens is 3. The number of nitrogens with zero attached hydrogens (tertiary/aromatic N) is 5. The average Bonchev–Trinajstić information content (AvgIpc) is 3.54. The molecule has 0 radical (unpaired) electrons. The van der Waals surface area contributed by atoms with Gasteiger partial charge in [0.1, 0.15) is 0 Å². The topological polar surface area (TPSA) is 89.8 Å². The van der Waals surface area contributed by atoms with E-state index in [9.17, 15) is 22.8 Å². The van der Waals surface area contributed by atoms with Gasteiger partial charge >= 0.3 is 6.18 Å². The number of methoxy groups -OCH3 is 2. The van der Waals surface area contributed by atoms with Crippen molar-refractivity contribution in [2.45, 2.75) is 70.8 Å². The summed E-state index contributed by atoms with van der Waals surface area (Å²) in [6.07, 6.45) is 0.0648. The fraction of sp³-hybridized carbons (Fsp3) is 0.615. The second-order valence-electron chi connectivity index (χ2n) is 10.5. The van der Waals surface area contributed by atoms with Crippen molar-refractivity contribution >= 4 is 11.8 Å². The summed E-state index contributed by atoms with van der Waals surface area (Å²) < 4.78 is 51.4. The zero-order chi connectivity index (χ0) is 27.1. The van der Waals surface area contributed by atoms with E-state index in [4.69, 9.17) is 9.47 Å². The summed E-state index contributed by atoms with van der Waals surface area (Å²) >= 11 is 0. The van der Waals surface area contributed by atoms with Crippen LogP contribution in [0.15, 0.2) is 12.1 Å². The molecule has 2 aliphatic heterocycles. The number of halogens is 3. The van der Waals surface area contributed by atoms with Crippen LogP contribution in [0.2, 0.25) is 0 Å². The van der Waals surface area contributed by atoms with Crippen molar-refractivity contribution < 1.29 is 32.2 Å². The maximum absolute atomic E-state index is 13.5. The molecule has 1 saturated carbocycles. The van der Waals surface area contributed by atoms with Crippen LogP contribution in [0.1, 0.15) is 61.3 Å². The molecule has 206 valence electrons. The minimum absolute atomic E-state index is 0.00369. The Labute approximate surface area is 218 Å². The smallest absolute Gasteiger partial charge is 0.451 e. The molecule has 1 aromatic carbocycles. The monoisotopic (exact) mass is 535 g/mol. The molecule has 0 saturated heterocycles. The minimum atomic E-state index is -4.59. The first-order valence-electron chi connectivity index (χ1n) is 12.9. The van der Waals surface area contributed by atoms with Gasteiger partial charge in [-0.25, -0.2) is 0 Å². The number of carbonyl (C=O) groups is 2. The van der Waals surface area contributed by atoms with E-state index in [2.05, 4.69) is 10.2 Å². The van der Waals surface area contributed by atoms with E-state index in [1.54, 1.807) is 19.1 Å². The van der Waals surface area contributed by atoms with Gasteiger partial charge in [-0.05, 0) is 47.9 Å². The zero-order valence-electron chi connectivity index (χ0n) is 21.6. The predicted molar refractivity (Wildman–Crippen MR) is 129 cm³/mol. The first-order valence-corrected chi connectivity index (χ1v) is 12.9. The number of benzene rings is 1. The molecular weight excluding hydrogens is 503 g/mol. The molecule has 1 aromatic heterocycles. The Hall–Kier alpha value is -3.31. The number of amides is 2. The number of rotatable bonds is 6. The Morgan fingerprint density at radius 2 is 1.50 bits per heavy atom. The van der Waals surface area contributed by atoms with E-state index < -0.39 is 17.4 Å². The molecule has 0 atom stereocenters. The molecule has 38 heavy (non-hydrogen) atoms. The Bertz CT molecular complexity index is 1220. The van der Waals surface area contributed by atoms with Gasteiger partial charge in [-0.15, -0.1) is 10.2 Å². The molecule has 12 heteroatoms. The molecule has 5 rings (SSSR count). The molecule has 3 aliphatic rings. The molecule has 3 heterocycles. The fourth-order valence-electron chi connectivity index (χ4n) is 6.08. The summed E-state index contributed by atoms with van der Waals surface area (Å²) in [4.78, 5) is 30.2. The third-order valence-electron chi connectivity index (χ3n) is 8.15. The maximum Gasteiger partial charge on any atom is 0.451 e. The molecule has 2 amide bonds. The highest BCUT2D eigenvalue weighted by Gasteiger charge is 2.43. The van der Waals surface area contributed by atoms with Crippen LogP contribution in [0.5, 0.6) is 11.5 Å². The van der Waals surface area contributed by atoms with Crippen molar-refractivity contribution in [3.63, 3.8) is 0 Å². The lowest BCUT2D eigenvalue weighted by Gasteiger charge is -2.36. The number of hydrogen-bond acceptors (Lipinski definition) is 6. The summed E-state index contributed by atoms with van der Waals surface area (Å²) in [7, 11) is 3.18. The van der Waals surface area contributed by atoms with Crippen LogP contribution in [-0.2, 0) is 41.8 Å². The lowest BCUT2D eigenvalue weighted by molar-refractivity contribution is -0.148. The lowest BCUT2D eigenvalue weighted by atomic mass is 9.78. The molecule has 0 N–H and O–H groups in total. The highest BCUT2D eigenvalue weighted by Crippen LogP contribution is 2.45. The van der Waals surface area contributed by atoms with Gasteiger partial charge in [0, 0.05) is 39.0 Å². The Morgan fingerprint density at radius 1 is 0.895 bits per heavy atom. The van der Waals surface area contributed by atoms with Gasteiger partial charge in [0.25, 0.3) is 0 Å². The molecule has 2 aromatic rings. The Balaban J connectivity index is 1.25. The second-order valence-corrected chi connectivity index (χ2v) is 10.5. The molecule has 1 aliphatic carbocycles. The number of fused-ring (bicyclic) bond motifs is 2. The first kappa shape index (κ1) is 26.3. The van der Waals surface area contributed by atoms with Crippen LogP contribution in [0.4, 0.5) is 13.2 Å². The zero-order valence-corrected chi connectivity index (χ0v) is 21.6. The third kappa shape index (κ3) is 5.04. The van der Waals surface area contributed by atoms with Gasteiger partial charge < -0.3 is 23.8 Å². The summed E-state index contributed by atoms with van der Waals surface area (Å²) in [6.45, 7) is 1.21. The van der Waals surface area contributed by atoms with Gasteiger partial charge in [0.15, 0.2) is 17.3 Å². The highest BCUT2D eigenvalue weighted by molar-refractivity contribution is 5.81. The van der Waals surface area contributed by atoms with Gasteiger partial charge in [-0.1, -0.05) is 12.8 Å². The second kappa shape index (κ2) is 10.1. The van der Waals surface area contributed by atoms with E-state index >= 15 is 0 Å². The summed E-state index contributed by atoms with van der Waals surface area (Å²) in [5.41, 5.74) is 1.72. The van der Waals surface area contributed by atoms with Crippen molar-refractivity contribution in [3.8, 4) is 11.5 Å². The van der Waals surface area contributed by atoms with Crippen LogP contribution in [0, 0.1) is 5.41 Å².